The number of hydrogen-bond donors (Lipinski definition) is 1. The van der Waals surface area contributed by atoms with E-state index in [1.807, 2.05) is 60.9 Å². The van der Waals surface area contributed by atoms with Crippen LogP contribution in [0.2, 0.25) is 0 Å². The molecular formula is C19H15N3O2S. The van der Waals surface area contributed by atoms with E-state index in [1.54, 1.807) is 6.07 Å². The van der Waals surface area contributed by atoms with Gasteiger partial charge in [0, 0.05) is 5.56 Å². The molecular weight excluding hydrogens is 334 g/mol. The zero-order chi connectivity index (χ0) is 17.6. The van der Waals surface area contributed by atoms with E-state index in [4.69, 9.17) is 4.74 Å². The van der Waals surface area contributed by atoms with Gasteiger partial charge in [0.05, 0.1) is 5.69 Å². The zero-order valence-corrected chi connectivity index (χ0v) is 14.3. The quantitative estimate of drug-likeness (QED) is 0.562. The fourth-order valence-electron chi connectivity index (χ4n) is 2.34. The van der Waals surface area contributed by atoms with Crippen LogP contribution in [0.3, 0.4) is 0 Å². The van der Waals surface area contributed by atoms with Crippen molar-refractivity contribution in [1.29, 1.82) is 5.26 Å². The first-order valence-electron chi connectivity index (χ1n) is 7.57. The Morgan fingerprint density at radius 1 is 1.20 bits per heavy atom. The van der Waals surface area contributed by atoms with Crippen molar-refractivity contribution < 1.29 is 4.74 Å². The molecule has 1 heterocycles. The van der Waals surface area contributed by atoms with Crippen LogP contribution in [0.15, 0.2) is 64.5 Å². The normalized spacial score (nSPS) is 10.2. The Balaban J connectivity index is 1.93. The number of nitrogens with one attached hydrogen (secondary N) is 1. The van der Waals surface area contributed by atoms with E-state index >= 15 is 0 Å². The van der Waals surface area contributed by atoms with Crippen LogP contribution < -0.4 is 10.3 Å². The van der Waals surface area contributed by atoms with Gasteiger partial charge in [0.2, 0.25) is 0 Å². The number of rotatable bonds is 5. The maximum absolute atomic E-state index is 12.1. The fraction of sp³-hybridized carbons (Fsp3) is 0.105. The first kappa shape index (κ1) is 16.8. The molecule has 0 amide bonds. The molecule has 5 nitrogen and oxygen atoms in total. The topological polar surface area (TPSA) is 78.8 Å². The highest BCUT2D eigenvalue weighted by Gasteiger charge is 2.13. The number of hydrogen-bond acceptors (Lipinski definition) is 5. The fourth-order valence-corrected chi connectivity index (χ4v) is 2.71. The molecule has 0 saturated heterocycles. The van der Waals surface area contributed by atoms with E-state index in [0.717, 1.165) is 5.56 Å². The third-order valence-corrected chi connectivity index (χ3v) is 4.14. The smallest absolute Gasteiger partial charge is 0.270 e. The highest BCUT2D eigenvalue weighted by Crippen LogP contribution is 2.25. The number of H-pyrrole nitrogens is 1. The van der Waals surface area contributed by atoms with Crippen LogP contribution >= 0.6 is 11.8 Å². The Morgan fingerprint density at radius 3 is 2.72 bits per heavy atom. The zero-order valence-electron chi connectivity index (χ0n) is 13.5. The second-order valence-electron chi connectivity index (χ2n) is 5.21. The van der Waals surface area contributed by atoms with Gasteiger partial charge in [-0.1, -0.05) is 54.2 Å². The van der Waals surface area contributed by atoms with Crippen molar-refractivity contribution in [3.8, 4) is 23.1 Å². The molecule has 0 spiro atoms. The molecule has 0 bridgehead atoms. The van der Waals surface area contributed by atoms with Crippen LogP contribution in [0.4, 0.5) is 0 Å². The molecule has 0 saturated carbocycles. The summed E-state index contributed by atoms with van der Waals surface area (Å²) in [5.74, 6) is 0.651. The van der Waals surface area contributed by atoms with Gasteiger partial charge in [0.25, 0.3) is 5.56 Å². The van der Waals surface area contributed by atoms with Gasteiger partial charge in [-0.05, 0) is 24.0 Å². The lowest BCUT2D eigenvalue weighted by Gasteiger charge is -2.09. The predicted molar refractivity (Wildman–Crippen MR) is 97.6 cm³/mol. The van der Waals surface area contributed by atoms with Gasteiger partial charge in [0.15, 0.2) is 5.16 Å². The third-order valence-electron chi connectivity index (χ3n) is 3.56. The lowest BCUT2D eigenvalue weighted by atomic mass is 10.1. The summed E-state index contributed by atoms with van der Waals surface area (Å²) in [6.45, 7) is 0.439. The van der Waals surface area contributed by atoms with E-state index < -0.39 is 5.56 Å². The average Bonchev–Trinajstić information content (AvgIpc) is 2.66. The Kier molecular flexibility index (Phi) is 5.17. The van der Waals surface area contributed by atoms with E-state index in [-0.39, 0.29) is 5.56 Å². The molecule has 0 radical (unpaired) electrons. The summed E-state index contributed by atoms with van der Waals surface area (Å²) in [5.41, 5.74) is 1.65. The summed E-state index contributed by atoms with van der Waals surface area (Å²) in [6, 6.07) is 19.0. The SMILES string of the molecule is CSc1nc(-c2cccc(OCc3ccccc3)c2)c(C#N)c(=O)[nH]1. The van der Waals surface area contributed by atoms with Crippen LogP contribution in [0.1, 0.15) is 11.1 Å². The van der Waals surface area contributed by atoms with Crippen molar-refractivity contribution in [2.24, 2.45) is 0 Å². The first-order chi connectivity index (χ1) is 12.2. The highest BCUT2D eigenvalue weighted by molar-refractivity contribution is 7.98. The van der Waals surface area contributed by atoms with Gasteiger partial charge in [-0.25, -0.2) is 4.98 Å². The van der Waals surface area contributed by atoms with Crippen LogP contribution in [0.5, 0.6) is 5.75 Å². The van der Waals surface area contributed by atoms with Gasteiger partial charge in [-0.2, -0.15) is 5.26 Å². The number of nitrogens with zero attached hydrogens (tertiary/aromatic N) is 2. The number of nitriles is 1. The van der Waals surface area contributed by atoms with Crippen LogP contribution in [-0.4, -0.2) is 16.2 Å². The lowest BCUT2D eigenvalue weighted by Crippen LogP contribution is -2.14. The molecule has 0 aliphatic heterocycles. The monoisotopic (exact) mass is 349 g/mol. The second-order valence-corrected chi connectivity index (χ2v) is 6.01. The second kappa shape index (κ2) is 7.69. The molecule has 0 atom stereocenters. The van der Waals surface area contributed by atoms with Crippen molar-refractivity contribution >= 4 is 11.8 Å². The van der Waals surface area contributed by atoms with Crippen molar-refractivity contribution in [2.75, 3.05) is 6.26 Å². The van der Waals surface area contributed by atoms with Gasteiger partial charge in [-0.15, -0.1) is 0 Å². The Hall–Kier alpha value is -3.04. The van der Waals surface area contributed by atoms with E-state index in [2.05, 4.69) is 9.97 Å². The molecule has 1 N–H and O–H groups in total. The Morgan fingerprint density at radius 2 is 2.00 bits per heavy atom. The van der Waals surface area contributed by atoms with Crippen LogP contribution in [0.25, 0.3) is 11.3 Å². The Labute approximate surface area is 149 Å². The van der Waals surface area contributed by atoms with Crippen molar-refractivity contribution in [1.82, 2.24) is 9.97 Å². The summed E-state index contributed by atoms with van der Waals surface area (Å²) >= 11 is 1.32. The number of ether oxygens (including phenoxy) is 1. The van der Waals surface area contributed by atoms with Crippen molar-refractivity contribution in [3.63, 3.8) is 0 Å². The van der Waals surface area contributed by atoms with E-state index in [9.17, 15) is 10.1 Å². The maximum atomic E-state index is 12.1. The van der Waals surface area contributed by atoms with Crippen molar-refractivity contribution in [3.05, 3.63) is 76.1 Å². The minimum Gasteiger partial charge on any atom is -0.489 e. The molecule has 3 rings (SSSR count). The molecule has 2 aromatic carbocycles. The van der Waals surface area contributed by atoms with Gasteiger partial charge in [0.1, 0.15) is 24.0 Å². The van der Waals surface area contributed by atoms with Crippen molar-refractivity contribution in [2.45, 2.75) is 11.8 Å². The number of aromatic amines is 1. The number of thioether (sulfide) groups is 1. The first-order valence-corrected chi connectivity index (χ1v) is 8.79. The number of aromatic nitrogens is 2. The molecule has 0 unspecified atom stereocenters. The molecule has 124 valence electrons. The minimum atomic E-state index is -0.438. The highest BCUT2D eigenvalue weighted by atomic mass is 32.2. The average molecular weight is 349 g/mol. The van der Waals surface area contributed by atoms with Gasteiger partial charge >= 0.3 is 0 Å². The molecule has 3 aromatic rings. The summed E-state index contributed by atoms with van der Waals surface area (Å²) < 4.78 is 5.81. The summed E-state index contributed by atoms with van der Waals surface area (Å²) in [7, 11) is 0. The Bertz CT molecular complexity index is 978. The van der Waals surface area contributed by atoms with Gasteiger partial charge in [-0.3, -0.25) is 4.79 Å². The molecule has 25 heavy (non-hydrogen) atoms. The molecule has 6 heteroatoms. The van der Waals surface area contributed by atoms with Crippen LogP contribution in [0, 0.1) is 11.3 Å². The van der Waals surface area contributed by atoms with E-state index in [1.165, 1.54) is 11.8 Å². The largest absolute Gasteiger partial charge is 0.489 e. The number of benzene rings is 2. The molecule has 0 aliphatic carbocycles. The minimum absolute atomic E-state index is 0.00184. The van der Waals surface area contributed by atoms with Gasteiger partial charge < -0.3 is 9.72 Å². The molecule has 0 fully saturated rings. The maximum Gasteiger partial charge on any atom is 0.270 e. The molecule has 0 aliphatic rings. The molecule has 1 aromatic heterocycles. The predicted octanol–water partition coefficient (Wildman–Crippen LogP) is 3.61. The summed E-state index contributed by atoms with van der Waals surface area (Å²) in [6.07, 6.45) is 1.81. The lowest BCUT2D eigenvalue weighted by molar-refractivity contribution is 0.306. The summed E-state index contributed by atoms with van der Waals surface area (Å²) in [5, 5.41) is 9.76. The summed E-state index contributed by atoms with van der Waals surface area (Å²) in [4.78, 5) is 19.0. The standard InChI is InChI=1S/C19H15N3O2S/c1-25-19-21-17(16(11-20)18(23)22-19)14-8-5-9-15(10-14)24-12-13-6-3-2-4-7-13/h2-10H,12H2,1H3,(H,21,22,23). The van der Waals surface area contributed by atoms with Crippen LogP contribution in [-0.2, 0) is 6.61 Å². The third kappa shape index (κ3) is 3.90. The van der Waals surface area contributed by atoms with E-state index in [0.29, 0.717) is 28.8 Å².